The van der Waals surface area contributed by atoms with E-state index >= 15 is 0 Å². The maximum Gasteiger partial charge on any atom is 0.127 e. The van der Waals surface area contributed by atoms with Crippen molar-refractivity contribution in [2.24, 2.45) is 5.41 Å². The SMILES string of the molecule is CCN(CC)CC1(C=O)CCCC1. The summed E-state index contributed by atoms with van der Waals surface area (Å²) < 4.78 is 0. The van der Waals surface area contributed by atoms with Gasteiger partial charge in [-0.3, -0.25) is 0 Å². The molecule has 1 saturated carbocycles. The predicted molar refractivity (Wildman–Crippen MR) is 54.8 cm³/mol. The van der Waals surface area contributed by atoms with Gasteiger partial charge in [-0.25, -0.2) is 0 Å². The van der Waals surface area contributed by atoms with E-state index in [1.165, 1.54) is 19.1 Å². The van der Waals surface area contributed by atoms with Crippen LogP contribution in [-0.4, -0.2) is 30.8 Å². The summed E-state index contributed by atoms with van der Waals surface area (Å²) in [5.41, 5.74) is 0.00597. The number of hydrogen-bond acceptors (Lipinski definition) is 2. The highest BCUT2D eigenvalue weighted by atomic mass is 16.1. The summed E-state index contributed by atoms with van der Waals surface area (Å²) in [6.07, 6.45) is 5.89. The van der Waals surface area contributed by atoms with Crippen LogP contribution in [0.25, 0.3) is 0 Å². The molecule has 76 valence electrons. The van der Waals surface area contributed by atoms with Crippen LogP contribution in [0.5, 0.6) is 0 Å². The Morgan fingerprint density at radius 2 is 1.77 bits per heavy atom. The molecule has 1 rings (SSSR count). The Hall–Kier alpha value is -0.370. The topological polar surface area (TPSA) is 20.3 Å². The molecule has 0 spiro atoms. The molecule has 0 aromatic carbocycles. The lowest BCUT2D eigenvalue weighted by molar-refractivity contribution is -0.117. The van der Waals surface area contributed by atoms with E-state index in [2.05, 4.69) is 18.7 Å². The summed E-state index contributed by atoms with van der Waals surface area (Å²) in [6.45, 7) is 7.43. The molecule has 13 heavy (non-hydrogen) atoms. The lowest BCUT2D eigenvalue weighted by Crippen LogP contribution is -2.37. The quantitative estimate of drug-likeness (QED) is 0.608. The Labute approximate surface area is 81.3 Å². The van der Waals surface area contributed by atoms with E-state index in [-0.39, 0.29) is 5.41 Å². The molecule has 0 N–H and O–H groups in total. The summed E-state index contributed by atoms with van der Waals surface area (Å²) in [5.74, 6) is 0. The highest BCUT2D eigenvalue weighted by molar-refractivity contribution is 5.60. The molecular weight excluding hydrogens is 162 g/mol. The van der Waals surface area contributed by atoms with Crippen molar-refractivity contribution in [2.75, 3.05) is 19.6 Å². The molecule has 0 aromatic rings. The molecule has 2 nitrogen and oxygen atoms in total. The van der Waals surface area contributed by atoms with Gasteiger partial charge in [0.1, 0.15) is 6.29 Å². The maximum absolute atomic E-state index is 11.1. The third-order valence-electron chi connectivity index (χ3n) is 3.28. The largest absolute Gasteiger partial charge is 0.303 e. The van der Waals surface area contributed by atoms with E-state index in [0.29, 0.717) is 0 Å². The van der Waals surface area contributed by atoms with Gasteiger partial charge in [-0.1, -0.05) is 26.7 Å². The van der Waals surface area contributed by atoms with Gasteiger partial charge in [-0.2, -0.15) is 0 Å². The summed E-state index contributed by atoms with van der Waals surface area (Å²) in [5, 5.41) is 0. The molecule has 1 aliphatic carbocycles. The standard InChI is InChI=1S/C11H21NO/c1-3-12(4-2)9-11(10-13)7-5-6-8-11/h10H,3-9H2,1-2H3. The van der Waals surface area contributed by atoms with Crippen molar-refractivity contribution >= 4 is 6.29 Å². The normalized spacial score (nSPS) is 20.8. The number of carbonyl (C=O) groups excluding carboxylic acids is 1. The fraction of sp³-hybridized carbons (Fsp3) is 0.909. The average Bonchev–Trinajstić information content (AvgIpc) is 2.63. The zero-order valence-corrected chi connectivity index (χ0v) is 8.88. The Kier molecular flexibility index (Phi) is 3.91. The van der Waals surface area contributed by atoms with Gasteiger partial charge in [0.2, 0.25) is 0 Å². The van der Waals surface area contributed by atoms with Crippen molar-refractivity contribution in [3.8, 4) is 0 Å². The first-order valence-corrected chi connectivity index (χ1v) is 5.45. The number of carbonyl (C=O) groups is 1. The first-order chi connectivity index (χ1) is 6.26. The lowest BCUT2D eigenvalue weighted by atomic mass is 9.87. The molecule has 0 bridgehead atoms. The molecule has 0 atom stereocenters. The van der Waals surface area contributed by atoms with Crippen LogP contribution in [0.4, 0.5) is 0 Å². The lowest BCUT2D eigenvalue weighted by Gasteiger charge is -2.29. The fourth-order valence-corrected chi connectivity index (χ4v) is 2.28. The van der Waals surface area contributed by atoms with Crippen molar-refractivity contribution in [2.45, 2.75) is 39.5 Å². The summed E-state index contributed by atoms with van der Waals surface area (Å²) in [4.78, 5) is 13.4. The molecule has 2 heteroatoms. The molecule has 0 heterocycles. The maximum atomic E-state index is 11.1. The van der Waals surface area contributed by atoms with Crippen LogP contribution in [0.2, 0.25) is 0 Å². The summed E-state index contributed by atoms with van der Waals surface area (Å²) >= 11 is 0. The van der Waals surface area contributed by atoms with Gasteiger partial charge in [0.25, 0.3) is 0 Å². The second-order valence-corrected chi connectivity index (χ2v) is 4.15. The van der Waals surface area contributed by atoms with E-state index in [4.69, 9.17) is 0 Å². The minimum atomic E-state index is 0.00597. The molecule has 0 unspecified atom stereocenters. The van der Waals surface area contributed by atoms with Crippen LogP contribution in [-0.2, 0) is 4.79 Å². The average molecular weight is 183 g/mol. The fourth-order valence-electron chi connectivity index (χ4n) is 2.28. The monoisotopic (exact) mass is 183 g/mol. The van der Waals surface area contributed by atoms with Gasteiger partial charge in [0.05, 0.1) is 0 Å². The minimum Gasteiger partial charge on any atom is -0.303 e. The van der Waals surface area contributed by atoms with Crippen molar-refractivity contribution in [1.82, 2.24) is 4.90 Å². The zero-order valence-electron chi connectivity index (χ0n) is 8.88. The zero-order chi connectivity index (χ0) is 9.73. The Balaban J connectivity index is 2.51. The van der Waals surface area contributed by atoms with Gasteiger partial charge >= 0.3 is 0 Å². The van der Waals surface area contributed by atoms with Crippen molar-refractivity contribution in [1.29, 1.82) is 0 Å². The van der Waals surface area contributed by atoms with Gasteiger partial charge in [0, 0.05) is 12.0 Å². The molecule has 0 aromatic heterocycles. The second kappa shape index (κ2) is 4.75. The third-order valence-corrected chi connectivity index (χ3v) is 3.28. The van der Waals surface area contributed by atoms with E-state index in [1.807, 2.05) is 0 Å². The highest BCUT2D eigenvalue weighted by Gasteiger charge is 2.34. The third kappa shape index (κ3) is 2.53. The number of hydrogen-bond donors (Lipinski definition) is 0. The smallest absolute Gasteiger partial charge is 0.127 e. The number of aldehydes is 1. The van der Waals surface area contributed by atoms with Gasteiger partial charge in [-0.15, -0.1) is 0 Å². The van der Waals surface area contributed by atoms with E-state index in [0.717, 1.165) is 32.5 Å². The number of rotatable bonds is 5. The van der Waals surface area contributed by atoms with E-state index in [9.17, 15) is 4.79 Å². The van der Waals surface area contributed by atoms with Crippen molar-refractivity contribution < 1.29 is 4.79 Å². The second-order valence-electron chi connectivity index (χ2n) is 4.15. The van der Waals surface area contributed by atoms with Gasteiger partial charge in [0.15, 0.2) is 0 Å². The van der Waals surface area contributed by atoms with Gasteiger partial charge < -0.3 is 9.69 Å². The van der Waals surface area contributed by atoms with Crippen LogP contribution < -0.4 is 0 Å². The molecular formula is C11H21NO. The molecule has 1 fully saturated rings. The molecule has 0 amide bonds. The van der Waals surface area contributed by atoms with E-state index < -0.39 is 0 Å². The Morgan fingerprint density at radius 3 is 2.15 bits per heavy atom. The Bertz CT molecular complexity index is 157. The van der Waals surface area contributed by atoms with Crippen molar-refractivity contribution in [3.05, 3.63) is 0 Å². The predicted octanol–water partition coefficient (Wildman–Crippen LogP) is 2.09. The van der Waals surface area contributed by atoms with Crippen LogP contribution >= 0.6 is 0 Å². The minimum absolute atomic E-state index is 0.00597. The van der Waals surface area contributed by atoms with Crippen LogP contribution in [0, 0.1) is 5.41 Å². The highest BCUT2D eigenvalue weighted by Crippen LogP contribution is 2.36. The van der Waals surface area contributed by atoms with Crippen LogP contribution in [0.15, 0.2) is 0 Å². The van der Waals surface area contributed by atoms with Crippen molar-refractivity contribution in [3.63, 3.8) is 0 Å². The van der Waals surface area contributed by atoms with E-state index in [1.54, 1.807) is 0 Å². The first-order valence-electron chi connectivity index (χ1n) is 5.45. The first kappa shape index (κ1) is 10.7. The van der Waals surface area contributed by atoms with Gasteiger partial charge in [-0.05, 0) is 25.9 Å². The summed E-state index contributed by atoms with van der Waals surface area (Å²) in [6, 6.07) is 0. The number of nitrogens with zero attached hydrogens (tertiary/aromatic N) is 1. The molecule has 0 radical (unpaired) electrons. The summed E-state index contributed by atoms with van der Waals surface area (Å²) in [7, 11) is 0. The van der Waals surface area contributed by atoms with Crippen LogP contribution in [0.3, 0.4) is 0 Å². The van der Waals surface area contributed by atoms with Crippen LogP contribution in [0.1, 0.15) is 39.5 Å². The molecule has 1 aliphatic rings. The Morgan fingerprint density at radius 1 is 1.23 bits per heavy atom. The molecule has 0 aliphatic heterocycles. The molecule has 0 saturated heterocycles.